The minimum absolute atomic E-state index is 0.00708. The van der Waals surface area contributed by atoms with Crippen LogP contribution in [0.3, 0.4) is 0 Å². The van der Waals surface area contributed by atoms with Gasteiger partial charge in [0.15, 0.2) is 11.8 Å². The Morgan fingerprint density at radius 1 is 1.17 bits per heavy atom. The van der Waals surface area contributed by atoms with E-state index in [9.17, 15) is 19.5 Å². The van der Waals surface area contributed by atoms with Crippen LogP contribution >= 0.6 is 0 Å². The number of carboxylic acid groups (broad SMARTS) is 2. The number of carbonyl (C=O) groups excluding carboxylic acids is 1. The number of carbonyl (C=O) groups is 3. The van der Waals surface area contributed by atoms with Gasteiger partial charge in [0.1, 0.15) is 12.1 Å². The number of nitrogens with two attached hydrogens (primary N) is 3. The van der Waals surface area contributed by atoms with Crippen LogP contribution in [0.15, 0.2) is 27.7 Å². The van der Waals surface area contributed by atoms with E-state index in [-0.39, 0.29) is 36.9 Å². The van der Waals surface area contributed by atoms with Gasteiger partial charge in [-0.15, -0.1) is 0 Å². The quantitative estimate of drug-likeness (QED) is 0.103. The molecule has 1 heterocycles. The molecule has 1 aromatic carbocycles. The normalized spacial score (nSPS) is 13.1. The summed E-state index contributed by atoms with van der Waals surface area (Å²) in [7, 11) is 0. The zero-order valence-corrected chi connectivity index (χ0v) is 18.8. The zero-order valence-electron chi connectivity index (χ0n) is 18.8. The van der Waals surface area contributed by atoms with Crippen LogP contribution in [0.25, 0.3) is 0 Å². The van der Waals surface area contributed by atoms with Crippen molar-refractivity contribution in [1.29, 1.82) is 0 Å². The summed E-state index contributed by atoms with van der Waals surface area (Å²) in [6, 6.07) is 6.52. The van der Waals surface area contributed by atoms with Crippen molar-refractivity contribution in [3.05, 3.63) is 47.6 Å². The molecule has 0 saturated heterocycles. The first kappa shape index (κ1) is 26.9. The molecule has 14 nitrogen and oxygen atoms in total. The maximum absolute atomic E-state index is 12.6. The monoisotopic (exact) mass is 488 g/mol. The van der Waals surface area contributed by atoms with Gasteiger partial charge in [0.2, 0.25) is 5.89 Å². The molecule has 10 N–H and O–H groups in total. The van der Waals surface area contributed by atoms with E-state index in [1.165, 1.54) is 0 Å². The highest BCUT2D eigenvalue weighted by molar-refractivity contribution is 5.83. The van der Waals surface area contributed by atoms with Crippen LogP contribution in [-0.2, 0) is 16.0 Å². The van der Waals surface area contributed by atoms with Gasteiger partial charge in [0, 0.05) is 19.4 Å². The summed E-state index contributed by atoms with van der Waals surface area (Å²) in [4.78, 5) is 43.3. The average Bonchev–Trinajstić information content (AvgIpc) is 3.29. The Morgan fingerprint density at radius 3 is 2.57 bits per heavy atom. The van der Waals surface area contributed by atoms with Crippen molar-refractivity contribution in [2.24, 2.45) is 22.2 Å². The van der Waals surface area contributed by atoms with Crippen molar-refractivity contribution >= 4 is 23.9 Å². The van der Waals surface area contributed by atoms with Gasteiger partial charge in [0.05, 0.1) is 6.04 Å². The van der Waals surface area contributed by atoms with Gasteiger partial charge in [-0.2, -0.15) is 4.98 Å². The van der Waals surface area contributed by atoms with E-state index in [1.807, 2.05) is 0 Å². The molecule has 0 bridgehead atoms. The zero-order chi connectivity index (χ0) is 25.8. The van der Waals surface area contributed by atoms with Crippen LogP contribution in [0.2, 0.25) is 0 Å². The van der Waals surface area contributed by atoms with Crippen LogP contribution in [0.4, 0.5) is 4.79 Å². The number of nitrogens with zero attached hydrogens (tertiary/aromatic N) is 3. The molecule has 1 aromatic heterocycles. The second-order valence-electron chi connectivity index (χ2n) is 7.59. The van der Waals surface area contributed by atoms with Crippen LogP contribution in [-0.4, -0.2) is 56.9 Å². The molecule has 2 amide bonds. The maximum atomic E-state index is 12.6. The highest BCUT2D eigenvalue weighted by atomic mass is 16.5. The molecule has 3 atom stereocenters. The Labute approximate surface area is 201 Å². The lowest BCUT2D eigenvalue weighted by molar-refractivity contribution is -0.139. The number of rotatable bonds is 14. The molecule has 0 radical (unpaired) electrons. The summed E-state index contributed by atoms with van der Waals surface area (Å²) in [6.07, 6.45) is 0.614. The van der Waals surface area contributed by atoms with Gasteiger partial charge in [-0.1, -0.05) is 17.3 Å². The molecular weight excluding hydrogens is 460 g/mol. The second kappa shape index (κ2) is 13.4. The van der Waals surface area contributed by atoms with Gasteiger partial charge in [-0.05, 0) is 43.0 Å². The topological polar surface area (TPSA) is 245 Å². The molecule has 188 valence electrons. The van der Waals surface area contributed by atoms with Crippen molar-refractivity contribution in [2.75, 3.05) is 6.54 Å². The third-order valence-corrected chi connectivity index (χ3v) is 4.77. The first-order valence-electron chi connectivity index (χ1n) is 10.7. The number of urea groups is 1. The average molecular weight is 489 g/mol. The van der Waals surface area contributed by atoms with E-state index in [0.29, 0.717) is 24.9 Å². The highest BCUT2D eigenvalue weighted by Crippen LogP contribution is 2.20. The smallest absolute Gasteiger partial charge is 0.326 e. The number of hydrogen-bond acceptors (Lipinski definition) is 8. The minimum Gasteiger partial charge on any atom is -0.481 e. The lowest BCUT2D eigenvalue weighted by Crippen LogP contribution is -2.48. The predicted molar refractivity (Wildman–Crippen MR) is 122 cm³/mol. The minimum atomic E-state index is -1.25. The van der Waals surface area contributed by atoms with Crippen molar-refractivity contribution < 1.29 is 29.1 Å². The molecule has 35 heavy (non-hydrogen) atoms. The van der Waals surface area contributed by atoms with Crippen molar-refractivity contribution in [3.8, 4) is 0 Å². The Balaban J connectivity index is 2.05. The molecular formula is C21H28N8O6. The fourth-order valence-corrected chi connectivity index (χ4v) is 3.01. The first-order valence-corrected chi connectivity index (χ1v) is 10.7. The molecule has 0 spiro atoms. The van der Waals surface area contributed by atoms with Crippen molar-refractivity contribution in [1.82, 2.24) is 20.8 Å². The van der Waals surface area contributed by atoms with Gasteiger partial charge < -0.3 is 42.6 Å². The molecule has 0 aliphatic heterocycles. The first-order chi connectivity index (χ1) is 16.7. The van der Waals surface area contributed by atoms with E-state index in [1.54, 1.807) is 18.2 Å². The van der Waals surface area contributed by atoms with Crippen molar-refractivity contribution in [3.63, 3.8) is 0 Å². The van der Waals surface area contributed by atoms with E-state index in [0.717, 1.165) is 0 Å². The Morgan fingerprint density at radius 2 is 1.94 bits per heavy atom. The Kier molecular flexibility index (Phi) is 10.3. The van der Waals surface area contributed by atoms with Gasteiger partial charge in [-0.25, -0.2) is 9.59 Å². The summed E-state index contributed by atoms with van der Waals surface area (Å²) >= 11 is 0. The number of amides is 2. The molecule has 0 unspecified atom stereocenters. The van der Waals surface area contributed by atoms with Crippen LogP contribution in [0.1, 0.15) is 55.0 Å². The Bertz CT molecular complexity index is 1010. The molecule has 0 aliphatic carbocycles. The van der Waals surface area contributed by atoms with E-state index < -0.39 is 36.1 Å². The summed E-state index contributed by atoms with van der Waals surface area (Å²) in [5.74, 6) is -2.28. The summed E-state index contributed by atoms with van der Waals surface area (Å²) in [6.45, 7) is 0.369. The number of carboxylic acids is 2. The molecule has 0 saturated carbocycles. The van der Waals surface area contributed by atoms with Gasteiger partial charge in [0.25, 0.3) is 0 Å². The third-order valence-electron chi connectivity index (χ3n) is 4.77. The number of aliphatic carboxylic acids is 2. The lowest BCUT2D eigenvalue weighted by Gasteiger charge is -2.18. The van der Waals surface area contributed by atoms with Crippen LogP contribution < -0.4 is 27.8 Å². The summed E-state index contributed by atoms with van der Waals surface area (Å²) in [5, 5.41) is 27.2. The number of aliphatic imine (C=N–C) groups is 1. The standard InChI is InChI=1S/C21H28N8O6/c22-13(7-4-10-25-20(23)24)17-28-18(35-29-17)14(8-9-16(30)31)26-21(34)27-15(19(32)33)11-12-5-2-1-3-6-12/h2,5-6,13-15H,4,7-11,22H2,(H,30,31)(H,32,33)(H4,23,24,25)(H2,26,27,34)/t13-,14-,15-/m0/s1. The van der Waals surface area contributed by atoms with Crippen molar-refractivity contribution in [2.45, 2.75) is 50.2 Å². The van der Waals surface area contributed by atoms with E-state index in [2.05, 4.69) is 37.9 Å². The maximum Gasteiger partial charge on any atom is 0.326 e. The predicted octanol–water partition coefficient (Wildman–Crippen LogP) is -0.376. The largest absolute Gasteiger partial charge is 0.481 e. The number of nitrogens with one attached hydrogen (secondary N) is 2. The fourth-order valence-electron chi connectivity index (χ4n) is 3.01. The molecule has 0 fully saturated rings. The lowest BCUT2D eigenvalue weighted by atomic mass is 10.1. The highest BCUT2D eigenvalue weighted by Gasteiger charge is 2.26. The second-order valence-corrected chi connectivity index (χ2v) is 7.59. The number of hydrogen-bond donors (Lipinski definition) is 7. The van der Waals surface area contributed by atoms with Gasteiger partial charge in [-0.3, -0.25) is 9.79 Å². The van der Waals surface area contributed by atoms with Crippen LogP contribution in [0.5, 0.6) is 0 Å². The summed E-state index contributed by atoms with van der Waals surface area (Å²) in [5.41, 5.74) is 17.2. The SMILES string of the molecule is NC(N)=NCCC[C@H](N)c1noc([C@H](CCC(=O)O)NC(=O)N[C@@H](Cc2cc#ccc2)C(=O)O)n1. The number of aromatic nitrogens is 2. The molecule has 2 rings (SSSR count). The molecule has 14 heteroatoms. The van der Waals surface area contributed by atoms with E-state index in [4.69, 9.17) is 26.8 Å². The molecule has 0 aliphatic rings. The summed E-state index contributed by atoms with van der Waals surface area (Å²) < 4.78 is 5.21. The third kappa shape index (κ3) is 9.56. The van der Waals surface area contributed by atoms with Gasteiger partial charge >= 0.3 is 18.0 Å². The Hall–Kier alpha value is -4.38. The van der Waals surface area contributed by atoms with E-state index >= 15 is 0 Å². The fraction of sp³-hybridized carbons (Fsp3) is 0.429. The van der Waals surface area contributed by atoms with Crippen LogP contribution in [0, 0.1) is 12.1 Å². The number of guanidine groups is 1. The molecule has 2 aromatic rings.